The van der Waals surface area contributed by atoms with Crippen molar-refractivity contribution >= 4 is 45.2 Å². The first kappa shape index (κ1) is 23.6. The van der Waals surface area contributed by atoms with Crippen LogP contribution in [0.3, 0.4) is 0 Å². The number of fused-ring (bicyclic) bond motifs is 3. The quantitative estimate of drug-likeness (QED) is 0.144. The fourth-order valence-electron chi connectivity index (χ4n) is 6.13. The molecule has 0 nitrogen and oxygen atoms in total. The maximum Gasteiger partial charge on any atom is 0.153 e. The molecule has 1 heteroatoms. The third-order valence-electron chi connectivity index (χ3n) is 7.64. The van der Waals surface area contributed by atoms with Gasteiger partial charge in [-0.05, 0) is 53.1 Å². The highest BCUT2D eigenvalue weighted by molar-refractivity contribution is 7.13. The van der Waals surface area contributed by atoms with Gasteiger partial charge in [0, 0.05) is 0 Å². The number of hydrogen-bond acceptors (Lipinski definition) is 0. The molecule has 0 N–H and O–H groups in total. The monoisotopic (exact) mass is 472 g/mol. The molecule has 0 bridgehead atoms. The van der Waals surface area contributed by atoms with E-state index in [1.165, 1.54) is 42.7 Å². The molecule has 5 rings (SSSR count). The van der Waals surface area contributed by atoms with E-state index in [0.717, 1.165) is 0 Å². The molecule has 0 aromatic heterocycles. The zero-order chi connectivity index (χ0) is 24.8. The van der Waals surface area contributed by atoms with Crippen LogP contribution in [0.15, 0.2) is 109 Å². The molecule has 0 aliphatic heterocycles. The molecule has 0 saturated heterocycles. The lowest BCUT2D eigenvalue weighted by atomic mass is 9.83. The molecule has 0 heterocycles. The van der Waals surface area contributed by atoms with Crippen molar-refractivity contribution in [1.29, 1.82) is 0 Å². The molecular weight excluding hydrogens is 436 g/mol. The Morgan fingerprint density at radius 1 is 0.457 bits per heavy atom. The predicted octanol–water partition coefficient (Wildman–Crippen LogP) is 7.56. The summed E-state index contributed by atoms with van der Waals surface area (Å²) in [7, 11) is -2.44. The van der Waals surface area contributed by atoms with E-state index in [-0.39, 0.29) is 10.5 Å². The molecule has 176 valence electrons. The van der Waals surface area contributed by atoms with Gasteiger partial charge >= 0.3 is 0 Å². The van der Waals surface area contributed by atoms with Crippen molar-refractivity contribution in [2.45, 2.75) is 52.0 Å². The first-order chi connectivity index (χ1) is 16.6. The first-order valence-corrected chi connectivity index (χ1v) is 14.7. The van der Waals surface area contributed by atoms with Crippen molar-refractivity contribution in [3.8, 4) is 0 Å². The minimum atomic E-state index is -2.44. The van der Waals surface area contributed by atoms with Crippen LogP contribution in [0.25, 0.3) is 21.5 Å². The Balaban J connectivity index is 2.01. The van der Waals surface area contributed by atoms with Gasteiger partial charge in [0.25, 0.3) is 0 Å². The van der Waals surface area contributed by atoms with Gasteiger partial charge in [-0.15, -0.1) is 0 Å². The molecule has 0 fully saturated rings. The van der Waals surface area contributed by atoms with E-state index in [9.17, 15) is 0 Å². The number of benzene rings is 5. The van der Waals surface area contributed by atoms with E-state index in [2.05, 4.69) is 151 Å². The van der Waals surface area contributed by atoms with Crippen molar-refractivity contribution in [3.63, 3.8) is 0 Å². The van der Waals surface area contributed by atoms with Gasteiger partial charge in [0.15, 0.2) is 8.07 Å². The van der Waals surface area contributed by atoms with Crippen LogP contribution < -0.4 is 15.6 Å². The van der Waals surface area contributed by atoms with Crippen molar-refractivity contribution in [3.05, 3.63) is 115 Å². The van der Waals surface area contributed by atoms with Crippen LogP contribution in [0.5, 0.6) is 0 Å². The summed E-state index contributed by atoms with van der Waals surface area (Å²) >= 11 is 0. The second kappa shape index (κ2) is 8.50. The maximum atomic E-state index is 2.56. The second-order valence-electron chi connectivity index (χ2n) is 11.9. The van der Waals surface area contributed by atoms with Crippen LogP contribution in [-0.4, -0.2) is 8.07 Å². The molecule has 0 spiro atoms. The summed E-state index contributed by atoms with van der Waals surface area (Å²) < 4.78 is 0. The smallest absolute Gasteiger partial charge is 0.0624 e. The third-order valence-corrected chi connectivity index (χ3v) is 13.4. The molecule has 5 aromatic carbocycles. The highest BCUT2D eigenvalue weighted by atomic mass is 28.3. The predicted molar refractivity (Wildman–Crippen MR) is 157 cm³/mol. The molecular formula is C34H36Si. The van der Waals surface area contributed by atoms with E-state index in [1.807, 2.05) is 0 Å². The number of hydrogen-bond donors (Lipinski definition) is 0. The van der Waals surface area contributed by atoms with Gasteiger partial charge in [-0.3, -0.25) is 0 Å². The van der Waals surface area contributed by atoms with E-state index in [4.69, 9.17) is 0 Å². The Morgan fingerprint density at radius 2 is 1.00 bits per heavy atom. The fraction of sp³-hybridized carbons (Fsp3) is 0.235. The average molecular weight is 473 g/mol. The highest BCUT2D eigenvalue weighted by Gasteiger charge is 2.49. The van der Waals surface area contributed by atoms with Crippen molar-refractivity contribution in [2.75, 3.05) is 0 Å². The van der Waals surface area contributed by atoms with Crippen LogP contribution >= 0.6 is 0 Å². The lowest BCUT2D eigenvalue weighted by molar-refractivity contribution is 0.596. The van der Waals surface area contributed by atoms with Gasteiger partial charge < -0.3 is 0 Å². The Kier molecular flexibility index (Phi) is 5.72. The standard InChI is InChI=1S/C34H36Si/c1-33(2,3)32-24-28(23-31-29-20-14-13-15-25(29)21-22-30(31)32)35(34(4,5)6,26-16-9-7-10-17-26)27-18-11-8-12-19-27/h7-24H,1-6H3. The van der Waals surface area contributed by atoms with Gasteiger partial charge in [-0.25, -0.2) is 0 Å². The van der Waals surface area contributed by atoms with Gasteiger partial charge in [0.2, 0.25) is 0 Å². The zero-order valence-electron chi connectivity index (χ0n) is 21.9. The summed E-state index contributed by atoms with van der Waals surface area (Å²) in [6.45, 7) is 14.4. The zero-order valence-corrected chi connectivity index (χ0v) is 22.9. The first-order valence-electron chi connectivity index (χ1n) is 12.7. The SMILES string of the molecule is CC(C)(C)c1cc([Si](c2ccccc2)(c2ccccc2)C(C)(C)C)cc2c1ccc1ccccc12. The summed E-state index contributed by atoms with van der Waals surface area (Å²) in [5, 5.41) is 9.89. The van der Waals surface area contributed by atoms with Crippen LogP contribution in [0, 0.1) is 0 Å². The summed E-state index contributed by atoms with van der Waals surface area (Å²) in [4.78, 5) is 0. The lowest BCUT2D eigenvalue weighted by Crippen LogP contribution is -2.72. The lowest BCUT2D eigenvalue weighted by Gasteiger charge is -2.45. The summed E-state index contributed by atoms with van der Waals surface area (Å²) in [5.41, 5.74) is 1.46. The molecule has 0 radical (unpaired) electrons. The summed E-state index contributed by atoms with van der Waals surface area (Å²) in [6.07, 6.45) is 0. The highest BCUT2D eigenvalue weighted by Crippen LogP contribution is 2.39. The normalized spacial score (nSPS) is 12.9. The van der Waals surface area contributed by atoms with Gasteiger partial charge in [-0.1, -0.05) is 151 Å². The van der Waals surface area contributed by atoms with Crippen molar-refractivity contribution < 1.29 is 0 Å². The fourth-order valence-corrected chi connectivity index (χ4v) is 11.8. The molecule has 0 amide bonds. The Bertz CT molecular complexity index is 1440. The molecule has 35 heavy (non-hydrogen) atoms. The van der Waals surface area contributed by atoms with Crippen molar-refractivity contribution in [2.24, 2.45) is 0 Å². The van der Waals surface area contributed by atoms with Gasteiger partial charge in [0.1, 0.15) is 0 Å². The van der Waals surface area contributed by atoms with Crippen LogP contribution in [-0.2, 0) is 5.41 Å². The van der Waals surface area contributed by atoms with E-state index < -0.39 is 8.07 Å². The number of rotatable bonds is 3. The van der Waals surface area contributed by atoms with E-state index in [1.54, 1.807) is 0 Å². The molecule has 0 saturated carbocycles. The molecule has 5 aromatic rings. The Hall–Kier alpha value is -3.16. The van der Waals surface area contributed by atoms with Crippen LogP contribution in [0.4, 0.5) is 0 Å². The molecule has 0 atom stereocenters. The molecule has 0 aliphatic rings. The summed E-state index contributed by atoms with van der Waals surface area (Å²) in [6, 6.07) is 41.2. The Labute approximate surface area is 211 Å². The van der Waals surface area contributed by atoms with Gasteiger partial charge in [0.05, 0.1) is 0 Å². The van der Waals surface area contributed by atoms with Crippen LogP contribution in [0.1, 0.15) is 47.1 Å². The Morgan fingerprint density at radius 3 is 1.54 bits per heavy atom. The average Bonchev–Trinajstić information content (AvgIpc) is 2.84. The largest absolute Gasteiger partial charge is 0.153 e. The minimum absolute atomic E-state index is 0.0299. The minimum Gasteiger partial charge on any atom is -0.0624 e. The molecule has 0 unspecified atom stereocenters. The van der Waals surface area contributed by atoms with Gasteiger partial charge in [-0.2, -0.15) is 0 Å². The van der Waals surface area contributed by atoms with Crippen molar-refractivity contribution in [1.82, 2.24) is 0 Å². The van der Waals surface area contributed by atoms with Crippen LogP contribution in [0.2, 0.25) is 5.04 Å². The maximum absolute atomic E-state index is 2.56. The molecule has 0 aliphatic carbocycles. The topological polar surface area (TPSA) is 0 Å². The third kappa shape index (κ3) is 3.83. The van der Waals surface area contributed by atoms with E-state index >= 15 is 0 Å². The van der Waals surface area contributed by atoms with E-state index in [0.29, 0.717) is 0 Å². The summed E-state index contributed by atoms with van der Waals surface area (Å²) in [5.74, 6) is 0. The second-order valence-corrected chi connectivity index (χ2v) is 16.6.